The molecule has 3 aliphatic rings. The number of nitrogens with zero attached hydrogens (tertiary/aromatic N) is 1. The molecule has 0 bridgehead atoms. The summed E-state index contributed by atoms with van der Waals surface area (Å²) in [7, 11) is 1.74. The Labute approximate surface area is 121 Å². The molecule has 20 heavy (non-hydrogen) atoms. The van der Waals surface area contributed by atoms with E-state index in [0.717, 1.165) is 58.3 Å². The molecule has 114 valence electrons. The highest BCUT2D eigenvalue weighted by atomic mass is 16.5. The van der Waals surface area contributed by atoms with Gasteiger partial charge in [-0.3, -0.25) is 4.79 Å². The van der Waals surface area contributed by atoms with Crippen LogP contribution in [-0.4, -0.2) is 62.4 Å². The molecule has 1 amide bonds. The van der Waals surface area contributed by atoms with Crippen LogP contribution in [0.3, 0.4) is 0 Å². The summed E-state index contributed by atoms with van der Waals surface area (Å²) in [5.41, 5.74) is -0.125. The number of rotatable bonds is 2. The fraction of sp³-hybridized carbons (Fsp3) is 0.933. The fourth-order valence-electron chi connectivity index (χ4n) is 3.93. The van der Waals surface area contributed by atoms with E-state index >= 15 is 0 Å². The standard InChI is InChI=1S/C15H26N2O3/c1-19-13-11-17(9-6-15(13)5-2-10-20-15)14(18)12-3-7-16-8-4-12/h12-13,16H,2-11H2,1H3/t13-,15-/m0/s1. The first-order chi connectivity index (χ1) is 9.75. The van der Waals surface area contributed by atoms with E-state index in [-0.39, 0.29) is 17.6 Å². The highest BCUT2D eigenvalue weighted by Crippen LogP contribution is 2.37. The molecule has 0 aromatic rings. The number of amides is 1. The van der Waals surface area contributed by atoms with Gasteiger partial charge >= 0.3 is 0 Å². The molecule has 0 aliphatic carbocycles. The first kappa shape index (κ1) is 14.3. The predicted molar refractivity (Wildman–Crippen MR) is 75.5 cm³/mol. The molecule has 3 fully saturated rings. The average molecular weight is 282 g/mol. The van der Waals surface area contributed by atoms with Crippen molar-refractivity contribution in [1.82, 2.24) is 10.2 Å². The molecule has 0 radical (unpaired) electrons. The van der Waals surface area contributed by atoms with Crippen LogP contribution in [0.2, 0.25) is 0 Å². The third-order valence-corrected chi connectivity index (χ3v) is 5.20. The van der Waals surface area contributed by atoms with Gasteiger partial charge < -0.3 is 19.7 Å². The van der Waals surface area contributed by atoms with Gasteiger partial charge in [0.2, 0.25) is 5.91 Å². The van der Waals surface area contributed by atoms with E-state index in [1.165, 1.54) is 0 Å². The van der Waals surface area contributed by atoms with Gasteiger partial charge in [0.05, 0.1) is 5.60 Å². The van der Waals surface area contributed by atoms with E-state index in [9.17, 15) is 4.79 Å². The number of likely N-dealkylation sites (tertiary alicyclic amines) is 1. The molecule has 3 saturated heterocycles. The van der Waals surface area contributed by atoms with Crippen LogP contribution in [0.4, 0.5) is 0 Å². The van der Waals surface area contributed by atoms with Crippen molar-refractivity contribution in [3.8, 4) is 0 Å². The third kappa shape index (κ3) is 2.59. The second-order valence-electron chi connectivity index (χ2n) is 6.30. The summed E-state index contributed by atoms with van der Waals surface area (Å²) < 4.78 is 11.7. The van der Waals surface area contributed by atoms with E-state index in [0.29, 0.717) is 12.5 Å². The first-order valence-electron chi connectivity index (χ1n) is 7.91. The molecule has 3 rings (SSSR count). The van der Waals surface area contributed by atoms with Crippen LogP contribution in [0.1, 0.15) is 32.1 Å². The largest absolute Gasteiger partial charge is 0.377 e. The minimum atomic E-state index is -0.125. The summed E-state index contributed by atoms with van der Waals surface area (Å²) in [6.07, 6.45) is 5.07. The summed E-state index contributed by atoms with van der Waals surface area (Å²) in [6, 6.07) is 0. The van der Waals surface area contributed by atoms with Crippen molar-refractivity contribution < 1.29 is 14.3 Å². The van der Waals surface area contributed by atoms with Gasteiger partial charge in [0.25, 0.3) is 0 Å². The Bertz CT molecular complexity index is 349. The van der Waals surface area contributed by atoms with Crippen LogP contribution < -0.4 is 5.32 Å². The lowest BCUT2D eigenvalue weighted by Crippen LogP contribution is -2.58. The third-order valence-electron chi connectivity index (χ3n) is 5.20. The lowest BCUT2D eigenvalue weighted by atomic mass is 9.85. The van der Waals surface area contributed by atoms with Gasteiger partial charge in [0.1, 0.15) is 6.10 Å². The Hall–Kier alpha value is -0.650. The number of carbonyl (C=O) groups excluding carboxylic acids is 1. The topological polar surface area (TPSA) is 50.8 Å². The van der Waals surface area contributed by atoms with Gasteiger partial charge in [-0.25, -0.2) is 0 Å². The zero-order chi connectivity index (χ0) is 14.0. The fourth-order valence-corrected chi connectivity index (χ4v) is 3.93. The van der Waals surface area contributed by atoms with Crippen LogP contribution in [0.5, 0.6) is 0 Å². The lowest BCUT2D eigenvalue weighted by Gasteiger charge is -2.45. The van der Waals surface area contributed by atoms with E-state index in [2.05, 4.69) is 5.32 Å². The summed E-state index contributed by atoms with van der Waals surface area (Å²) in [5, 5.41) is 3.32. The van der Waals surface area contributed by atoms with Gasteiger partial charge in [0.15, 0.2) is 0 Å². The smallest absolute Gasteiger partial charge is 0.225 e. The van der Waals surface area contributed by atoms with Gasteiger partial charge in [-0.15, -0.1) is 0 Å². The van der Waals surface area contributed by atoms with Crippen molar-refractivity contribution in [2.24, 2.45) is 5.92 Å². The molecule has 1 N–H and O–H groups in total. The highest BCUT2D eigenvalue weighted by molar-refractivity contribution is 5.79. The molecule has 3 aliphatic heterocycles. The second-order valence-corrected chi connectivity index (χ2v) is 6.30. The number of nitrogens with one attached hydrogen (secondary N) is 1. The molecular formula is C15H26N2O3. The summed E-state index contributed by atoms with van der Waals surface area (Å²) >= 11 is 0. The maximum atomic E-state index is 12.6. The number of hydrogen-bond donors (Lipinski definition) is 1. The van der Waals surface area contributed by atoms with Gasteiger partial charge in [0, 0.05) is 32.7 Å². The van der Waals surface area contributed by atoms with E-state index < -0.39 is 0 Å². The molecule has 2 atom stereocenters. The van der Waals surface area contributed by atoms with Crippen LogP contribution in [0, 0.1) is 5.92 Å². The maximum Gasteiger partial charge on any atom is 0.225 e. The highest BCUT2D eigenvalue weighted by Gasteiger charge is 2.48. The normalized spacial score (nSPS) is 35.6. The monoisotopic (exact) mass is 282 g/mol. The molecule has 0 aromatic carbocycles. The van der Waals surface area contributed by atoms with Crippen molar-refractivity contribution in [1.29, 1.82) is 0 Å². The molecule has 5 nitrogen and oxygen atoms in total. The number of ether oxygens (including phenoxy) is 2. The lowest BCUT2D eigenvalue weighted by molar-refractivity contribution is -0.161. The SMILES string of the molecule is CO[C@H]1CN(C(=O)C2CCNCC2)CC[C@@]12CCCO2. The van der Waals surface area contributed by atoms with Crippen molar-refractivity contribution in [2.75, 3.05) is 39.9 Å². The average Bonchev–Trinajstić information content (AvgIpc) is 2.97. The van der Waals surface area contributed by atoms with Crippen LogP contribution >= 0.6 is 0 Å². The van der Waals surface area contributed by atoms with Gasteiger partial charge in [-0.05, 0) is 45.2 Å². The van der Waals surface area contributed by atoms with Crippen LogP contribution in [0.15, 0.2) is 0 Å². The zero-order valence-corrected chi connectivity index (χ0v) is 12.4. The van der Waals surface area contributed by atoms with Crippen LogP contribution in [0.25, 0.3) is 0 Å². The van der Waals surface area contributed by atoms with Gasteiger partial charge in [-0.2, -0.15) is 0 Å². The minimum Gasteiger partial charge on any atom is -0.377 e. The number of carbonyl (C=O) groups is 1. The van der Waals surface area contributed by atoms with Crippen molar-refractivity contribution in [2.45, 2.75) is 43.8 Å². The molecule has 0 saturated carbocycles. The Morgan fingerprint density at radius 2 is 2.15 bits per heavy atom. The van der Waals surface area contributed by atoms with E-state index in [1.807, 2.05) is 4.90 Å². The number of methoxy groups -OCH3 is 1. The molecule has 0 unspecified atom stereocenters. The van der Waals surface area contributed by atoms with Crippen molar-refractivity contribution in [3.63, 3.8) is 0 Å². The minimum absolute atomic E-state index is 0.0319. The number of hydrogen-bond acceptors (Lipinski definition) is 4. The molecule has 0 aromatic heterocycles. The Morgan fingerprint density at radius 3 is 2.80 bits per heavy atom. The molecule has 1 spiro atoms. The molecule has 3 heterocycles. The molecule has 5 heteroatoms. The Balaban J connectivity index is 1.63. The first-order valence-corrected chi connectivity index (χ1v) is 7.91. The van der Waals surface area contributed by atoms with Gasteiger partial charge in [-0.1, -0.05) is 0 Å². The summed E-state index contributed by atoms with van der Waals surface area (Å²) in [6.45, 7) is 4.28. The van der Waals surface area contributed by atoms with Crippen LogP contribution in [-0.2, 0) is 14.3 Å². The quantitative estimate of drug-likeness (QED) is 0.813. The predicted octanol–water partition coefficient (Wildman–Crippen LogP) is 0.783. The van der Waals surface area contributed by atoms with E-state index in [4.69, 9.17) is 9.47 Å². The second kappa shape index (κ2) is 6.00. The van der Waals surface area contributed by atoms with E-state index in [1.54, 1.807) is 7.11 Å². The van der Waals surface area contributed by atoms with Crippen molar-refractivity contribution >= 4 is 5.91 Å². The summed E-state index contributed by atoms with van der Waals surface area (Å²) in [5.74, 6) is 0.522. The Kier molecular flexibility index (Phi) is 4.29. The van der Waals surface area contributed by atoms with Crippen molar-refractivity contribution in [3.05, 3.63) is 0 Å². The zero-order valence-electron chi connectivity index (χ0n) is 12.4. The summed E-state index contributed by atoms with van der Waals surface area (Å²) in [4.78, 5) is 14.6. The number of piperidine rings is 2. The maximum absolute atomic E-state index is 12.6. The molecular weight excluding hydrogens is 256 g/mol. The Morgan fingerprint density at radius 1 is 1.35 bits per heavy atom.